The first kappa shape index (κ1) is 16.6. The maximum absolute atomic E-state index is 11.0. The van der Waals surface area contributed by atoms with E-state index in [0.717, 1.165) is 16.5 Å². The lowest BCUT2D eigenvalue weighted by Crippen LogP contribution is -2.21. The van der Waals surface area contributed by atoms with Crippen LogP contribution < -0.4 is 15.2 Å². The van der Waals surface area contributed by atoms with Gasteiger partial charge in [0.05, 0.1) is 5.52 Å². The summed E-state index contributed by atoms with van der Waals surface area (Å²) in [5.41, 5.74) is 7.79. The maximum Gasteiger partial charge on any atom is 0.269 e. The Morgan fingerprint density at radius 3 is 2.62 bits per heavy atom. The van der Waals surface area contributed by atoms with E-state index in [-0.39, 0.29) is 6.10 Å². The molecule has 0 amide bonds. The predicted molar refractivity (Wildman–Crippen MR) is 96.7 cm³/mol. The van der Waals surface area contributed by atoms with Gasteiger partial charge in [0.2, 0.25) is 0 Å². The molecule has 0 spiro atoms. The SMILES string of the molecule is Nc1ccc2c3c(ccc2n1)OCC(c1ccc(CS(=O)(=O)O)cc1)O3. The molecule has 0 bridgehead atoms. The third-order valence-electron chi connectivity index (χ3n) is 4.16. The van der Waals surface area contributed by atoms with E-state index in [9.17, 15) is 8.42 Å². The summed E-state index contributed by atoms with van der Waals surface area (Å²) in [7, 11) is -4.06. The molecule has 1 aliphatic heterocycles. The number of rotatable bonds is 3. The molecule has 2 heterocycles. The smallest absolute Gasteiger partial charge is 0.269 e. The highest BCUT2D eigenvalue weighted by molar-refractivity contribution is 7.85. The quantitative estimate of drug-likeness (QED) is 0.680. The number of nitrogens with zero attached hydrogens (tertiary/aromatic N) is 1. The van der Waals surface area contributed by atoms with Gasteiger partial charge in [-0.1, -0.05) is 24.3 Å². The summed E-state index contributed by atoms with van der Waals surface area (Å²) in [6.45, 7) is 0.332. The number of nitrogens with two attached hydrogens (primary N) is 1. The van der Waals surface area contributed by atoms with E-state index >= 15 is 0 Å². The van der Waals surface area contributed by atoms with Crippen LogP contribution in [0.2, 0.25) is 0 Å². The van der Waals surface area contributed by atoms with E-state index in [2.05, 4.69) is 4.98 Å². The van der Waals surface area contributed by atoms with Gasteiger partial charge in [0.15, 0.2) is 17.6 Å². The highest BCUT2D eigenvalue weighted by Gasteiger charge is 2.25. The van der Waals surface area contributed by atoms with Crippen molar-refractivity contribution in [1.82, 2.24) is 4.98 Å². The highest BCUT2D eigenvalue weighted by Crippen LogP contribution is 2.41. The molecule has 0 saturated carbocycles. The van der Waals surface area contributed by atoms with Gasteiger partial charge in [0.25, 0.3) is 10.1 Å². The third kappa shape index (κ3) is 3.29. The van der Waals surface area contributed by atoms with Crippen LogP contribution in [-0.2, 0) is 15.9 Å². The second kappa shape index (κ2) is 6.15. The molecule has 1 aromatic heterocycles. The van der Waals surface area contributed by atoms with Crippen molar-refractivity contribution in [2.75, 3.05) is 12.3 Å². The van der Waals surface area contributed by atoms with E-state index in [0.29, 0.717) is 29.5 Å². The second-order valence-electron chi connectivity index (χ2n) is 6.08. The minimum absolute atomic E-state index is 0.332. The third-order valence-corrected chi connectivity index (χ3v) is 4.86. The Balaban J connectivity index is 1.64. The molecule has 0 radical (unpaired) electrons. The van der Waals surface area contributed by atoms with Gasteiger partial charge in [-0.25, -0.2) is 4.98 Å². The summed E-state index contributed by atoms with van der Waals surface area (Å²) in [4.78, 5) is 4.29. The zero-order valence-electron chi connectivity index (χ0n) is 13.6. The van der Waals surface area contributed by atoms with Crippen LogP contribution in [0.25, 0.3) is 10.9 Å². The van der Waals surface area contributed by atoms with Crippen molar-refractivity contribution in [2.24, 2.45) is 0 Å². The van der Waals surface area contributed by atoms with Crippen LogP contribution >= 0.6 is 0 Å². The highest BCUT2D eigenvalue weighted by atomic mass is 32.2. The van der Waals surface area contributed by atoms with E-state index in [1.165, 1.54) is 0 Å². The Morgan fingerprint density at radius 2 is 1.88 bits per heavy atom. The standard InChI is InChI=1S/C18H16N2O5S/c19-17-8-5-13-14(20-17)6-7-15-18(13)25-16(9-24-15)12-3-1-11(2-4-12)10-26(21,22)23/h1-8,16H,9-10H2,(H2,19,20)(H,21,22,23). The van der Waals surface area contributed by atoms with Crippen molar-refractivity contribution in [3.8, 4) is 11.5 Å². The number of ether oxygens (including phenoxy) is 2. The van der Waals surface area contributed by atoms with E-state index in [1.54, 1.807) is 36.4 Å². The fourth-order valence-electron chi connectivity index (χ4n) is 2.95. The number of aromatic nitrogens is 1. The Bertz CT molecular complexity index is 1080. The summed E-state index contributed by atoms with van der Waals surface area (Å²) in [6.07, 6.45) is -0.342. The Kier molecular flexibility index (Phi) is 3.93. The van der Waals surface area contributed by atoms with Crippen molar-refractivity contribution >= 4 is 26.8 Å². The van der Waals surface area contributed by atoms with Crippen LogP contribution in [-0.4, -0.2) is 24.6 Å². The molecule has 4 rings (SSSR count). The van der Waals surface area contributed by atoms with Gasteiger partial charge in [-0.3, -0.25) is 4.55 Å². The lowest BCUT2D eigenvalue weighted by Gasteiger charge is -2.27. The molecule has 3 N–H and O–H groups in total. The molecule has 134 valence electrons. The van der Waals surface area contributed by atoms with Crippen molar-refractivity contribution in [2.45, 2.75) is 11.9 Å². The number of benzene rings is 2. The molecule has 0 fully saturated rings. The van der Waals surface area contributed by atoms with E-state index in [4.69, 9.17) is 19.8 Å². The largest absolute Gasteiger partial charge is 0.485 e. The first-order valence-electron chi connectivity index (χ1n) is 7.92. The first-order valence-corrected chi connectivity index (χ1v) is 9.53. The van der Waals surface area contributed by atoms with Crippen LogP contribution in [0.15, 0.2) is 48.5 Å². The summed E-state index contributed by atoms with van der Waals surface area (Å²) in [6, 6.07) is 14.0. The van der Waals surface area contributed by atoms with Crippen LogP contribution in [0.5, 0.6) is 11.5 Å². The number of nitrogen functional groups attached to an aromatic ring is 1. The minimum Gasteiger partial charge on any atom is -0.485 e. The van der Waals surface area contributed by atoms with Gasteiger partial charge in [0, 0.05) is 5.39 Å². The van der Waals surface area contributed by atoms with Crippen LogP contribution in [0.1, 0.15) is 17.2 Å². The monoisotopic (exact) mass is 372 g/mol. The molecule has 8 heteroatoms. The molecule has 0 saturated heterocycles. The average Bonchev–Trinajstić information content (AvgIpc) is 2.60. The zero-order chi connectivity index (χ0) is 18.3. The van der Waals surface area contributed by atoms with Gasteiger partial charge in [0.1, 0.15) is 18.2 Å². The van der Waals surface area contributed by atoms with Gasteiger partial charge in [-0.15, -0.1) is 0 Å². The number of anilines is 1. The number of pyridine rings is 1. The number of hydrogen-bond donors (Lipinski definition) is 2. The van der Waals surface area contributed by atoms with Gasteiger partial charge in [-0.2, -0.15) is 8.42 Å². The van der Waals surface area contributed by atoms with Crippen molar-refractivity contribution in [3.63, 3.8) is 0 Å². The summed E-state index contributed by atoms with van der Waals surface area (Å²) >= 11 is 0. The fourth-order valence-corrected chi connectivity index (χ4v) is 3.57. The fraction of sp³-hybridized carbons (Fsp3) is 0.167. The lowest BCUT2D eigenvalue weighted by molar-refractivity contribution is 0.0934. The van der Waals surface area contributed by atoms with Crippen LogP contribution in [0.4, 0.5) is 5.82 Å². The Hall–Kier alpha value is -2.84. The number of fused-ring (bicyclic) bond motifs is 3. The van der Waals surface area contributed by atoms with Crippen molar-refractivity contribution in [1.29, 1.82) is 0 Å². The molecule has 3 aromatic rings. The van der Waals surface area contributed by atoms with Gasteiger partial charge < -0.3 is 15.2 Å². The summed E-state index contributed by atoms with van der Waals surface area (Å²) in [5.74, 6) is 1.26. The normalized spacial score (nSPS) is 16.6. The van der Waals surface area contributed by atoms with Gasteiger partial charge in [-0.05, 0) is 35.4 Å². The van der Waals surface area contributed by atoms with Gasteiger partial charge >= 0.3 is 0 Å². The van der Waals surface area contributed by atoms with Crippen molar-refractivity contribution in [3.05, 3.63) is 59.7 Å². The number of hydrogen-bond acceptors (Lipinski definition) is 6. The molecule has 1 atom stereocenters. The van der Waals surface area contributed by atoms with Crippen LogP contribution in [0, 0.1) is 0 Å². The molecule has 7 nitrogen and oxygen atoms in total. The predicted octanol–water partition coefficient (Wildman–Crippen LogP) is 2.72. The lowest BCUT2D eigenvalue weighted by atomic mass is 10.1. The summed E-state index contributed by atoms with van der Waals surface area (Å²) < 4.78 is 42.8. The second-order valence-corrected chi connectivity index (χ2v) is 7.53. The van der Waals surface area contributed by atoms with Crippen molar-refractivity contribution < 1.29 is 22.4 Å². The Labute approximate surface area is 150 Å². The zero-order valence-corrected chi connectivity index (χ0v) is 14.4. The van der Waals surface area contributed by atoms with E-state index in [1.807, 2.05) is 12.1 Å². The minimum atomic E-state index is -4.06. The molecule has 0 aliphatic carbocycles. The summed E-state index contributed by atoms with van der Waals surface area (Å²) in [5, 5.41) is 0.810. The Morgan fingerprint density at radius 1 is 1.12 bits per heavy atom. The molecular formula is C18H16N2O5S. The first-order chi connectivity index (χ1) is 12.4. The molecule has 1 aliphatic rings. The maximum atomic E-state index is 11.0. The average molecular weight is 372 g/mol. The topological polar surface area (TPSA) is 112 Å². The molecular weight excluding hydrogens is 356 g/mol. The molecule has 2 aromatic carbocycles. The van der Waals surface area contributed by atoms with E-state index < -0.39 is 15.9 Å². The van der Waals surface area contributed by atoms with Crippen LogP contribution in [0.3, 0.4) is 0 Å². The molecule has 1 unspecified atom stereocenters. The molecule has 26 heavy (non-hydrogen) atoms.